The van der Waals surface area contributed by atoms with Crippen LogP contribution in [0.1, 0.15) is 0 Å². The fraction of sp³-hybridized carbons (Fsp3) is 0.273. The normalized spacial score (nSPS) is 13.2. The summed E-state index contributed by atoms with van der Waals surface area (Å²) in [7, 11) is -1.09. The Morgan fingerprint density at radius 3 is 2.23 bits per heavy atom. The molecule has 1 aromatic carbocycles. The molecule has 0 fully saturated rings. The first-order valence-corrected chi connectivity index (χ1v) is 9.90. The summed E-state index contributed by atoms with van der Waals surface area (Å²) < 4.78 is 0. The lowest BCUT2D eigenvalue weighted by atomic mass is 10.4. The Hall–Kier alpha value is -0.606. The van der Waals surface area contributed by atoms with Gasteiger partial charge in [0.15, 0.2) is 0 Å². The SMILES string of the molecule is C[Si](C)(C)/C=C/[SiH2]c1ccccc1. The van der Waals surface area contributed by atoms with Crippen LogP contribution in [-0.4, -0.2) is 17.6 Å². The lowest BCUT2D eigenvalue weighted by Crippen LogP contribution is -2.18. The summed E-state index contributed by atoms with van der Waals surface area (Å²) in [6.45, 7) is 7.13. The first-order valence-electron chi connectivity index (χ1n) is 4.79. The maximum absolute atomic E-state index is 2.46. The van der Waals surface area contributed by atoms with Gasteiger partial charge in [-0.15, -0.1) is 11.4 Å². The van der Waals surface area contributed by atoms with Crippen LogP contribution in [-0.2, 0) is 0 Å². The molecule has 0 heterocycles. The topological polar surface area (TPSA) is 0 Å². The second kappa shape index (κ2) is 4.58. The first kappa shape index (κ1) is 10.5. The van der Waals surface area contributed by atoms with Crippen LogP contribution in [0.5, 0.6) is 0 Å². The van der Waals surface area contributed by atoms with Crippen LogP contribution < -0.4 is 5.19 Å². The number of rotatable bonds is 3. The molecule has 1 rings (SSSR count). The molecule has 0 bridgehead atoms. The monoisotopic (exact) mass is 206 g/mol. The van der Waals surface area contributed by atoms with Gasteiger partial charge in [0.1, 0.15) is 0 Å². The van der Waals surface area contributed by atoms with Crippen molar-refractivity contribution in [3.63, 3.8) is 0 Å². The fourth-order valence-corrected chi connectivity index (χ4v) is 5.28. The lowest BCUT2D eigenvalue weighted by molar-refractivity contribution is 1.76. The molecular weight excluding hydrogens is 188 g/mol. The van der Waals surface area contributed by atoms with E-state index in [4.69, 9.17) is 0 Å². The minimum absolute atomic E-state index is 0.137. The van der Waals surface area contributed by atoms with Gasteiger partial charge in [0.2, 0.25) is 0 Å². The van der Waals surface area contributed by atoms with Gasteiger partial charge in [-0.2, -0.15) is 0 Å². The van der Waals surface area contributed by atoms with Crippen molar-refractivity contribution < 1.29 is 0 Å². The van der Waals surface area contributed by atoms with Gasteiger partial charge in [0.05, 0.1) is 17.6 Å². The molecule has 0 amide bonds. The van der Waals surface area contributed by atoms with Crippen LogP contribution in [0.3, 0.4) is 0 Å². The summed E-state index contributed by atoms with van der Waals surface area (Å²) in [5.74, 6) is 0. The predicted molar refractivity (Wildman–Crippen MR) is 67.1 cm³/mol. The Bertz CT molecular complexity index is 270. The molecule has 0 aromatic heterocycles. The van der Waals surface area contributed by atoms with Crippen molar-refractivity contribution in [1.82, 2.24) is 0 Å². The third-order valence-electron chi connectivity index (χ3n) is 1.81. The summed E-state index contributed by atoms with van der Waals surface area (Å²) in [6.07, 6.45) is 0. The average Bonchev–Trinajstić information content (AvgIpc) is 2.04. The molecule has 0 saturated heterocycles. The van der Waals surface area contributed by atoms with E-state index in [0.29, 0.717) is 0 Å². The standard InChI is InChI=1S/C11H18Si2/c1-13(2,3)10-9-12-11-7-5-4-6-8-11/h4-10H,12H2,1-3H3/b10-9+. The third kappa shape index (κ3) is 4.85. The van der Waals surface area contributed by atoms with E-state index < -0.39 is 8.07 Å². The van der Waals surface area contributed by atoms with Crippen molar-refractivity contribution in [2.24, 2.45) is 0 Å². The van der Waals surface area contributed by atoms with E-state index in [9.17, 15) is 0 Å². The maximum atomic E-state index is 2.46. The molecule has 70 valence electrons. The summed E-state index contributed by atoms with van der Waals surface area (Å²) in [5.41, 5.74) is 4.91. The van der Waals surface area contributed by atoms with Crippen molar-refractivity contribution in [1.29, 1.82) is 0 Å². The van der Waals surface area contributed by atoms with Crippen LogP contribution in [0.2, 0.25) is 19.6 Å². The van der Waals surface area contributed by atoms with Crippen molar-refractivity contribution in [3.05, 3.63) is 41.7 Å². The van der Waals surface area contributed by atoms with E-state index >= 15 is 0 Å². The highest BCUT2D eigenvalue weighted by molar-refractivity contribution is 6.82. The molecule has 13 heavy (non-hydrogen) atoms. The second-order valence-electron chi connectivity index (χ2n) is 4.46. The van der Waals surface area contributed by atoms with Gasteiger partial charge in [0, 0.05) is 0 Å². The van der Waals surface area contributed by atoms with E-state index in [1.807, 2.05) is 0 Å². The van der Waals surface area contributed by atoms with Gasteiger partial charge in [-0.3, -0.25) is 0 Å². The summed E-state index contributed by atoms with van der Waals surface area (Å²) in [6, 6.07) is 10.8. The molecule has 0 aliphatic rings. The van der Waals surface area contributed by atoms with Crippen LogP contribution >= 0.6 is 0 Å². The smallest absolute Gasteiger partial charge is 0.0774 e. The van der Waals surface area contributed by atoms with Crippen LogP contribution in [0.4, 0.5) is 0 Å². The highest BCUT2D eigenvalue weighted by Gasteiger charge is 2.05. The first-order chi connectivity index (χ1) is 6.08. The largest absolute Gasteiger partial charge is 0.104 e. The fourth-order valence-electron chi connectivity index (χ4n) is 1.16. The molecule has 0 unspecified atom stereocenters. The van der Waals surface area contributed by atoms with Gasteiger partial charge < -0.3 is 0 Å². The number of hydrogen-bond acceptors (Lipinski definition) is 0. The number of benzene rings is 1. The molecule has 0 aliphatic carbocycles. The van der Waals surface area contributed by atoms with Crippen LogP contribution in [0, 0.1) is 0 Å². The van der Waals surface area contributed by atoms with E-state index in [1.54, 1.807) is 0 Å². The van der Waals surface area contributed by atoms with Crippen molar-refractivity contribution in [2.45, 2.75) is 19.6 Å². The molecule has 0 atom stereocenters. The Morgan fingerprint density at radius 1 is 1.08 bits per heavy atom. The van der Waals surface area contributed by atoms with Crippen LogP contribution in [0.25, 0.3) is 0 Å². The lowest BCUT2D eigenvalue weighted by Gasteiger charge is -2.07. The average molecular weight is 206 g/mol. The Labute approximate surface area is 84.5 Å². The maximum Gasteiger partial charge on any atom is 0.0774 e. The highest BCUT2D eigenvalue weighted by atomic mass is 28.3. The summed E-state index contributed by atoms with van der Waals surface area (Å²) >= 11 is 0. The van der Waals surface area contributed by atoms with Gasteiger partial charge in [-0.05, 0) is 0 Å². The molecule has 0 spiro atoms. The zero-order valence-corrected chi connectivity index (χ0v) is 11.2. The van der Waals surface area contributed by atoms with Crippen molar-refractivity contribution in [2.75, 3.05) is 0 Å². The van der Waals surface area contributed by atoms with Gasteiger partial charge in [-0.1, -0.05) is 55.2 Å². The molecular formula is C11H18Si2. The third-order valence-corrected chi connectivity index (χ3v) is 4.94. The van der Waals surface area contributed by atoms with Crippen molar-refractivity contribution >= 4 is 22.8 Å². The van der Waals surface area contributed by atoms with E-state index in [2.05, 4.69) is 61.4 Å². The predicted octanol–water partition coefficient (Wildman–Crippen LogP) is 1.87. The van der Waals surface area contributed by atoms with E-state index in [1.165, 1.54) is 5.19 Å². The molecule has 0 saturated carbocycles. The molecule has 2 heteroatoms. The molecule has 0 nitrogen and oxygen atoms in total. The quantitative estimate of drug-likeness (QED) is 0.663. The molecule has 0 aliphatic heterocycles. The minimum atomic E-state index is -0.957. The second-order valence-corrected chi connectivity index (χ2v) is 11.2. The molecule has 0 radical (unpaired) electrons. The van der Waals surface area contributed by atoms with Gasteiger partial charge in [0.25, 0.3) is 0 Å². The Kier molecular flexibility index (Phi) is 3.69. The Morgan fingerprint density at radius 2 is 1.69 bits per heavy atom. The van der Waals surface area contributed by atoms with E-state index in [-0.39, 0.29) is 9.52 Å². The summed E-state index contributed by atoms with van der Waals surface area (Å²) in [4.78, 5) is 0. The Balaban J connectivity index is 2.49. The van der Waals surface area contributed by atoms with Gasteiger partial charge in [-0.25, -0.2) is 0 Å². The van der Waals surface area contributed by atoms with Crippen LogP contribution in [0.15, 0.2) is 41.7 Å². The van der Waals surface area contributed by atoms with Crippen molar-refractivity contribution in [3.8, 4) is 0 Å². The molecule has 0 N–H and O–H groups in total. The van der Waals surface area contributed by atoms with E-state index in [0.717, 1.165) is 0 Å². The zero-order chi connectivity index (χ0) is 9.73. The molecule has 1 aromatic rings. The number of hydrogen-bond donors (Lipinski definition) is 0. The minimum Gasteiger partial charge on any atom is -0.104 e. The summed E-state index contributed by atoms with van der Waals surface area (Å²) in [5, 5.41) is 1.54. The van der Waals surface area contributed by atoms with Gasteiger partial charge >= 0.3 is 0 Å². The zero-order valence-electron chi connectivity index (χ0n) is 8.75. The highest BCUT2D eigenvalue weighted by Crippen LogP contribution is 2.00.